The highest BCUT2D eigenvalue weighted by atomic mass is 16.5. The minimum absolute atomic E-state index is 0.125. The zero-order valence-corrected chi connectivity index (χ0v) is 16.6. The molecule has 0 aliphatic heterocycles. The van der Waals surface area contributed by atoms with Crippen LogP contribution < -0.4 is 26.0 Å². The minimum atomic E-state index is -0.724. The van der Waals surface area contributed by atoms with Crippen LogP contribution >= 0.6 is 0 Å². The molecule has 0 aliphatic carbocycles. The Morgan fingerprint density at radius 3 is 2.38 bits per heavy atom. The third-order valence-electron chi connectivity index (χ3n) is 4.32. The third-order valence-corrected chi connectivity index (χ3v) is 4.32. The van der Waals surface area contributed by atoms with Crippen molar-refractivity contribution in [1.82, 2.24) is 14.5 Å². The lowest BCUT2D eigenvalue weighted by Gasteiger charge is -2.20. The van der Waals surface area contributed by atoms with Crippen LogP contribution in [0.5, 0.6) is 11.5 Å². The molecule has 0 saturated carbocycles. The molecule has 0 aliphatic rings. The lowest BCUT2D eigenvalue weighted by atomic mass is 10.0. The van der Waals surface area contributed by atoms with Crippen LogP contribution in [-0.2, 0) is 27.9 Å². The number of carbonyl (C=O) groups is 2. The molecule has 0 bridgehead atoms. The number of hydrogen-bond donors (Lipinski definition) is 1. The van der Waals surface area contributed by atoms with Gasteiger partial charge in [-0.15, -0.1) is 0 Å². The third kappa shape index (κ3) is 5.24. The molecule has 1 heterocycles. The van der Waals surface area contributed by atoms with Gasteiger partial charge in [-0.1, -0.05) is 6.07 Å². The van der Waals surface area contributed by atoms with Crippen LogP contribution in [0.15, 0.2) is 40.1 Å². The fourth-order valence-electron chi connectivity index (χ4n) is 2.70. The number of amides is 1. The van der Waals surface area contributed by atoms with E-state index in [0.717, 1.165) is 9.13 Å². The monoisotopic (exact) mass is 405 g/mol. The summed E-state index contributed by atoms with van der Waals surface area (Å²) in [6.45, 7) is -0.322. The molecule has 2 aromatic rings. The van der Waals surface area contributed by atoms with Gasteiger partial charge in [-0.3, -0.25) is 23.5 Å². The molecule has 1 amide bonds. The zero-order chi connectivity index (χ0) is 21.6. The van der Waals surface area contributed by atoms with Crippen LogP contribution in [0.3, 0.4) is 0 Å². The van der Waals surface area contributed by atoms with E-state index in [1.807, 2.05) is 0 Å². The fourth-order valence-corrected chi connectivity index (χ4v) is 2.70. The number of rotatable bonds is 8. The summed E-state index contributed by atoms with van der Waals surface area (Å²) in [4.78, 5) is 47.9. The molecule has 0 radical (unpaired) electrons. The van der Waals surface area contributed by atoms with Crippen LogP contribution in [0.2, 0.25) is 0 Å². The Morgan fingerprint density at radius 2 is 1.76 bits per heavy atom. The molecule has 1 aromatic carbocycles. The number of esters is 1. The second-order valence-corrected chi connectivity index (χ2v) is 6.14. The number of nitrogens with zero attached hydrogens (tertiary/aromatic N) is 2. The quantitative estimate of drug-likeness (QED) is 0.614. The first kappa shape index (κ1) is 21.7. The van der Waals surface area contributed by atoms with Gasteiger partial charge in [-0.2, -0.15) is 0 Å². The first-order chi connectivity index (χ1) is 13.8. The Hall–Kier alpha value is -3.56. The first-order valence-corrected chi connectivity index (χ1v) is 8.65. The maximum Gasteiger partial charge on any atom is 0.331 e. The molecule has 156 valence electrons. The molecule has 0 fully saturated rings. The van der Waals surface area contributed by atoms with Gasteiger partial charge in [-0.05, 0) is 17.7 Å². The molecule has 1 N–H and O–H groups in total. The lowest BCUT2D eigenvalue weighted by Crippen LogP contribution is -2.41. The number of methoxy groups -OCH3 is 3. The average molecular weight is 405 g/mol. The number of hydrogen-bond acceptors (Lipinski definition) is 7. The molecule has 29 heavy (non-hydrogen) atoms. The van der Waals surface area contributed by atoms with Gasteiger partial charge in [-0.25, -0.2) is 4.79 Å². The van der Waals surface area contributed by atoms with Crippen molar-refractivity contribution in [2.24, 2.45) is 7.05 Å². The number of aromatic nitrogens is 2. The summed E-state index contributed by atoms with van der Waals surface area (Å²) in [5.41, 5.74) is -0.502. The molecule has 1 aromatic heterocycles. The van der Waals surface area contributed by atoms with Gasteiger partial charge in [0.25, 0.3) is 5.56 Å². The van der Waals surface area contributed by atoms with E-state index in [0.29, 0.717) is 17.1 Å². The summed E-state index contributed by atoms with van der Waals surface area (Å²) in [5.74, 6) is -0.113. The molecular weight excluding hydrogens is 382 g/mol. The van der Waals surface area contributed by atoms with Gasteiger partial charge in [0.05, 0.1) is 33.8 Å². The largest absolute Gasteiger partial charge is 0.493 e. The molecular formula is C19H23N3O7. The molecule has 0 spiro atoms. The second kappa shape index (κ2) is 9.58. The molecule has 1 atom stereocenters. The van der Waals surface area contributed by atoms with Crippen molar-refractivity contribution in [3.8, 4) is 11.5 Å². The van der Waals surface area contributed by atoms with E-state index in [-0.39, 0.29) is 13.0 Å². The predicted octanol–water partition coefficient (Wildman–Crippen LogP) is -0.0152. The highest BCUT2D eigenvalue weighted by Crippen LogP contribution is 2.31. The van der Waals surface area contributed by atoms with Crippen molar-refractivity contribution >= 4 is 11.9 Å². The Balaban J connectivity index is 2.28. The number of carbonyl (C=O) groups excluding carboxylic acids is 2. The molecule has 2 rings (SSSR count). The standard InChI is InChI=1S/C19H23N3O7/c1-21-17(24)7-8-22(19(21)26)11-16(23)20-13(10-18(25)29-4)12-5-6-14(27-2)15(9-12)28-3/h5-9,13H,10-11H2,1-4H3,(H,20,23). The molecule has 10 nitrogen and oxygen atoms in total. The normalized spacial score (nSPS) is 11.4. The Kier molecular flexibility index (Phi) is 7.18. The zero-order valence-electron chi connectivity index (χ0n) is 16.6. The van der Waals surface area contributed by atoms with Crippen molar-refractivity contribution in [3.63, 3.8) is 0 Å². The summed E-state index contributed by atoms with van der Waals surface area (Å²) in [5, 5.41) is 2.71. The van der Waals surface area contributed by atoms with Crippen molar-refractivity contribution in [2.45, 2.75) is 19.0 Å². The van der Waals surface area contributed by atoms with E-state index in [2.05, 4.69) is 5.32 Å². The van der Waals surface area contributed by atoms with Crippen LogP contribution in [0.25, 0.3) is 0 Å². The van der Waals surface area contributed by atoms with E-state index >= 15 is 0 Å². The van der Waals surface area contributed by atoms with Gasteiger partial charge >= 0.3 is 11.7 Å². The molecule has 1 unspecified atom stereocenters. The average Bonchev–Trinajstić information content (AvgIpc) is 2.72. The van der Waals surface area contributed by atoms with Crippen LogP contribution in [0, 0.1) is 0 Å². The van der Waals surface area contributed by atoms with Crippen molar-refractivity contribution in [1.29, 1.82) is 0 Å². The lowest BCUT2D eigenvalue weighted by molar-refractivity contribution is -0.141. The van der Waals surface area contributed by atoms with Gasteiger partial charge in [0.2, 0.25) is 5.91 Å². The summed E-state index contributed by atoms with van der Waals surface area (Å²) in [6, 6.07) is 5.45. The topological polar surface area (TPSA) is 118 Å². The van der Waals surface area contributed by atoms with Crippen molar-refractivity contribution in [2.75, 3.05) is 21.3 Å². The van der Waals surface area contributed by atoms with Gasteiger partial charge in [0, 0.05) is 19.3 Å². The van der Waals surface area contributed by atoms with Gasteiger partial charge in [0.1, 0.15) is 6.54 Å². The van der Waals surface area contributed by atoms with E-state index in [9.17, 15) is 19.2 Å². The minimum Gasteiger partial charge on any atom is -0.493 e. The Labute approximate surface area is 166 Å². The Morgan fingerprint density at radius 1 is 1.07 bits per heavy atom. The van der Waals surface area contributed by atoms with Gasteiger partial charge < -0.3 is 19.5 Å². The fraction of sp³-hybridized carbons (Fsp3) is 0.368. The smallest absolute Gasteiger partial charge is 0.331 e. The van der Waals surface area contributed by atoms with Crippen molar-refractivity contribution in [3.05, 3.63) is 56.9 Å². The van der Waals surface area contributed by atoms with Crippen LogP contribution in [-0.4, -0.2) is 42.3 Å². The van der Waals surface area contributed by atoms with Gasteiger partial charge in [0.15, 0.2) is 11.5 Å². The highest BCUT2D eigenvalue weighted by Gasteiger charge is 2.21. The summed E-state index contributed by atoms with van der Waals surface area (Å²) < 4.78 is 17.2. The highest BCUT2D eigenvalue weighted by molar-refractivity contribution is 5.78. The number of nitrogens with one attached hydrogen (secondary N) is 1. The van der Waals surface area contributed by atoms with E-state index in [4.69, 9.17) is 14.2 Å². The first-order valence-electron chi connectivity index (χ1n) is 8.65. The van der Waals surface area contributed by atoms with Crippen molar-refractivity contribution < 1.29 is 23.8 Å². The SMILES string of the molecule is COC(=O)CC(NC(=O)Cn1ccc(=O)n(C)c1=O)c1ccc(OC)c(OC)c1. The Bertz CT molecular complexity index is 1010. The maximum atomic E-state index is 12.5. The maximum absolute atomic E-state index is 12.5. The summed E-state index contributed by atoms with van der Waals surface area (Å²) in [6.07, 6.45) is 1.12. The molecule has 10 heteroatoms. The predicted molar refractivity (Wildman–Crippen MR) is 103 cm³/mol. The van der Waals surface area contributed by atoms with E-state index in [1.165, 1.54) is 40.6 Å². The summed E-state index contributed by atoms with van der Waals surface area (Å²) >= 11 is 0. The number of benzene rings is 1. The van der Waals surface area contributed by atoms with Crippen LogP contribution in [0.4, 0.5) is 0 Å². The van der Waals surface area contributed by atoms with Crippen LogP contribution in [0.1, 0.15) is 18.0 Å². The molecule has 0 saturated heterocycles. The second-order valence-electron chi connectivity index (χ2n) is 6.14. The summed E-state index contributed by atoms with van der Waals surface area (Å²) in [7, 11) is 5.54. The van der Waals surface area contributed by atoms with E-state index < -0.39 is 29.2 Å². The number of ether oxygens (including phenoxy) is 3. The van der Waals surface area contributed by atoms with E-state index in [1.54, 1.807) is 18.2 Å².